The zero-order valence-corrected chi connectivity index (χ0v) is 14.6. The van der Waals surface area contributed by atoms with Crippen LogP contribution in [0.3, 0.4) is 0 Å². The van der Waals surface area contributed by atoms with Gasteiger partial charge in [0.05, 0.1) is 5.52 Å². The first kappa shape index (κ1) is 16.3. The Morgan fingerprint density at radius 1 is 1.26 bits per heavy atom. The predicted molar refractivity (Wildman–Crippen MR) is 96.7 cm³/mol. The number of aromatic nitrogens is 1. The summed E-state index contributed by atoms with van der Waals surface area (Å²) in [4.78, 5) is 15.3. The molecule has 0 spiro atoms. The molecule has 1 aliphatic carbocycles. The Balaban J connectivity index is 1.98. The summed E-state index contributed by atoms with van der Waals surface area (Å²) in [6, 6.07) is 11.4. The van der Waals surface area contributed by atoms with Crippen molar-refractivity contribution in [1.29, 1.82) is 0 Å². The van der Waals surface area contributed by atoms with Gasteiger partial charge in [0.2, 0.25) is 0 Å². The number of aryl methyl sites for hydroxylation is 1. The van der Waals surface area contributed by atoms with E-state index in [2.05, 4.69) is 30.9 Å². The molecule has 3 heteroatoms. The third kappa shape index (κ3) is 3.20. The Hall–Kier alpha value is -1.61. The lowest BCUT2D eigenvalue weighted by atomic mass is 10.1. The number of hydrogen-bond acceptors (Lipinski definition) is 2. The van der Waals surface area contributed by atoms with Crippen molar-refractivity contribution in [2.24, 2.45) is 7.05 Å². The van der Waals surface area contributed by atoms with E-state index in [1.165, 1.54) is 25.7 Å². The highest BCUT2D eigenvalue weighted by Crippen LogP contribution is 2.27. The van der Waals surface area contributed by atoms with Gasteiger partial charge in [-0.2, -0.15) is 0 Å². The van der Waals surface area contributed by atoms with Crippen LogP contribution in [0.1, 0.15) is 51.5 Å². The Labute approximate surface area is 138 Å². The van der Waals surface area contributed by atoms with Gasteiger partial charge in [-0.05, 0) is 43.7 Å². The topological polar surface area (TPSA) is 25.2 Å². The van der Waals surface area contributed by atoms with Gasteiger partial charge in [-0.15, -0.1) is 0 Å². The number of para-hydroxylation sites is 1. The summed E-state index contributed by atoms with van der Waals surface area (Å²) in [5.74, 6) is 0. The largest absolute Gasteiger partial charge is 0.311 e. The van der Waals surface area contributed by atoms with Crippen molar-refractivity contribution in [1.82, 2.24) is 9.47 Å². The number of rotatable bonds is 5. The van der Waals surface area contributed by atoms with E-state index in [1.807, 2.05) is 25.2 Å². The summed E-state index contributed by atoms with van der Waals surface area (Å²) in [6.07, 6.45) is 6.33. The summed E-state index contributed by atoms with van der Waals surface area (Å²) in [6.45, 7) is 5.31. The molecule has 1 unspecified atom stereocenters. The zero-order chi connectivity index (χ0) is 16.4. The molecule has 1 atom stereocenters. The summed E-state index contributed by atoms with van der Waals surface area (Å²) in [5.41, 5.74) is 2.09. The average Bonchev–Trinajstić information content (AvgIpc) is 3.10. The monoisotopic (exact) mass is 312 g/mol. The maximum Gasteiger partial charge on any atom is 0.255 e. The minimum Gasteiger partial charge on any atom is -0.311 e. The van der Waals surface area contributed by atoms with Gasteiger partial charge in [0.1, 0.15) is 0 Å². The number of nitrogens with zero attached hydrogens (tertiary/aromatic N) is 2. The smallest absolute Gasteiger partial charge is 0.255 e. The Bertz CT molecular complexity index is 728. The molecule has 23 heavy (non-hydrogen) atoms. The molecule has 3 nitrogen and oxygen atoms in total. The number of pyridine rings is 1. The van der Waals surface area contributed by atoms with Gasteiger partial charge in [-0.3, -0.25) is 9.69 Å². The van der Waals surface area contributed by atoms with Crippen LogP contribution in [0.15, 0.2) is 35.1 Å². The van der Waals surface area contributed by atoms with Crippen molar-refractivity contribution in [2.75, 3.05) is 0 Å². The number of fused-ring (bicyclic) bond motifs is 1. The minimum atomic E-state index is 0.148. The molecule has 0 saturated heterocycles. The van der Waals surface area contributed by atoms with Gasteiger partial charge in [0.25, 0.3) is 5.56 Å². The lowest BCUT2D eigenvalue weighted by Crippen LogP contribution is -2.41. The van der Waals surface area contributed by atoms with Crippen molar-refractivity contribution in [3.05, 3.63) is 46.2 Å². The summed E-state index contributed by atoms with van der Waals surface area (Å²) in [5, 5.41) is 1.15. The highest BCUT2D eigenvalue weighted by atomic mass is 16.1. The van der Waals surface area contributed by atoms with E-state index in [0.29, 0.717) is 12.1 Å². The van der Waals surface area contributed by atoms with Gasteiger partial charge in [0.15, 0.2) is 0 Å². The van der Waals surface area contributed by atoms with Gasteiger partial charge >= 0.3 is 0 Å². The van der Waals surface area contributed by atoms with Gasteiger partial charge in [0, 0.05) is 31.2 Å². The second-order valence-corrected chi connectivity index (χ2v) is 6.96. The maximum atomic E-state index is 12.8. The fraction of sp³-hybridized carbons (Fsp3) is 0.550. The van der Waals surface area contributed by atoms with Crippen molar-refractivity contribution in [2.45, 2.75) is 64.6 Å². The summed E-state index contributed by atoms with van der Waals surface area (Å²) >= 11 is 0. The third-order valence-corrected chi connectivity index (χ3v) is 5.51. The average molecular weight is 312 g/mol. The fourth-order valence-electron chi connectivity index (χ4n) is 3.91. The molecule has 1 aromatic carbocycles. The van der Waals surface area contributed by atoms with Gasteiger partial charge < -0.3 is 4.57 Å². The second kappa shape index (κ2) is 6.88. The lowest BCUT2D eigenvalue weighted by molar-refractivity contribution is 0.132. The van der Waals surface area contributed by atoms with Crippen molar-refractivity contribution in [3.8, 4) is 0 Å². The highest BCUT2D eigenvalue weighted by molar-refractivity contribution is 5.79. The molecule has 0 amide bonds. The van der Waals surface area contributed by atoms with Crippen LogP contribution in [-0.2, 0) is 13.6 Å². The van der Waals surface area contributed by atoms with Crippen molar-refractivity contribution >= 4 is 10.9 Å². The van der Waals surface area contributed by atoms with Crippen LogP contribution < -0.4 is 5.56 Å². The van der Waals surface area contributed by atoms with E-state index < -0.39 is 0 Å². The van der Waals surface area contributed by atoms with Crippen LogP contribution in [0, 0.1) is 0 Å². The number of benzene rings is 1. The van der Waals surface area contributed by atoms with E-state index in [-0.39, 0.29) is 5.56 Å². The molecule has 3 rings (SSSR count). The van der Waals surface area contributed by atoms with Crippen LogP contribution in [0.2, 0.25) is 0 Å². The van der Waals surface area contributed by atoms with Crippen LogP contribution >= 0.6 is 0 Å². The first-order valence-corrected chi connectivity index (χ1v) is 8.95. The Kier molecular flexibility index (Phi) is 4.86. The van der Waals surface area contributed by atoms with Crippen LogP contribution in [-0.4, -0.2) is 21.6 Å². The molecular weight excluding hydrogens is 284 g/mol. The van der Waals surface area contributed by atoms with E-state index >= 15 is 0 Å². The first-order valence-electron chi connectivity index (χ1n) is 8.95. The van der Waals surface area contributed by atoms with E-state index in [0.717, 1.165) is 29.4 Å². The lowest BCUT2D eigenvalue weighted by Gasteiger charge is -2.34. The molecule has 1 aliphatic rings. The van der Waals surface area contributed by atoms with Crippen LogP contribution in [0.25, 0.3) is 10.9 Å². The van der Waals surface area contributed by atoms with Crippen molar-refractivity contribution in [3.63, 3.8) is 0 Å². The number of hydrogen-bond donors (Lipinski definition) is 0. The molecule has 1 aromatic heterocycles. The van der Waals surface area contributed by atoms with E-state index in [1.54, 1.807) is 4.57 Å². The SMILES string of the molecule is CCC(C)N(Cc1cc2ccccc2n(C)c1=O)C1CCCC1. The van der Waals surface area contributed by atoms with E-state index in [9.17, 15) is 4.79 Å². The van der Waals surface area contributed by atoms with Gasteiger partial charge in [-0.1, -0.05) is 38.0 Å². The zero-order valence-electron chi connectivity index (χ0n) is 14.6. The van der Waals surface area contributed by atoms with E-state index in [4.69, 9.17) is 0 Å². The Morgan fingerprint density at radius 2 is 1.96 bits per heavy atom. The molecular formula is C20H28N2O. The molecule has 0 N–H and O–H groups in total. The summed E-state index contributed by atoms with van der Waals surface area (Å²) < 4.78 is 1.80. The van der Waals surface area contributed by atoms with Crippen LogP contribution in [0.5, 0.6) is 0 Å². The Morgan fingerprint density at radius 3 is 2.65 bits per heavy atom. The van der Waals surface area contributed by atoms with Gasteiger partial charge in [-0.25, -0.2) is 0 Å². The normalized spacial score (nSPS) is 17.2. The standard InChI is InChI=1S/C20H28N2O/c1-4-15(2)22(18-10-6-7-11-18)14-17-13-16-9-5-8-12-19(16)21(3)20(17)23/h5,8-9,12-13,15,18H,4,6-7,10-11,14H2,1-3H3. The quantitative estimate of drug-likeness (QED) is 0.831. The maximum absolute atomic E-state index is 12.8. The molecule has 0 aliphatic heterocycles. The molecule has 124 valence electrons. The molecule has 0 bridgehead atoms. The van der Waals surface area contributed by atoms with Crippen molar-refractivity contribution < 1.29 is 0 Å². The molecule has 0 radical (unpaired) electrons. The third-order valence-electron chi connectivity index (χ3n) is 5.51. The molecule has 1 fully saturated rings. The highest BCUT2D eigenvalue weighted by Gasteiger charge is 2.26. The molecule has 2 aromatic rings. The summed E-state index contributed by atoms with van der Waals surface area (Å²) in [7, 11) is 1.89. The minimum absolute atomic E-state index is 0.148. The molecule has 1 heterocycles. The predicted octanol–water partition coefficient (Wildman–Crippen LogP) is 4.08. The second-order valence-electron chi connectivity index (χ2n) is 6.96. The van der Waals surface area contributed by atoms with Crippen LogP contribution in [0.4, 0.5) is 0 Å². The first-order chi connectivity index (χ1) is 11.1. The molecule has 1 saturated carbocycles. The fourth-order valence-corrected chi connectivity index (χ4v) is 3.91.